The Bertz CT molecular complexity index is 307. The molecule has 1 aliphatic carbocycles. The van der Waals surface area contributed by atoms with Gasteiger partial charge in [0.1, 0.15) is 0 Å². The quantitative estimate of drug-likeness (QED) is 0.706. The fourth-order valence-corrected chi connectivity index (χ4v) is 2.25. The monoisotopic (exact) mass is 239 g/mol. The SMILES string of the molecule is CCSCCCn1ccc(CNC2CC2)n1. The van der Waals surface area contributed by atoms with E-state index in [4.69, 9.17) is 0 Å². The number of hydrogen-bond donors (Lipinski definition) is 1. The van der Waals surface area contributed by atoms with Crippen LogP contribution in [0.25, 0.3) is 0 Å². The van der Waals surface area contributed by atoms with Crippen LogP contribution in [0.4, 0.5) is 0 Å². The molecule has 1 fully saturated rings. The van der Waals surface area contributed by atoms with Gasteiger partial charge in [-0.3, -0.25) is 4.68 Å². The van der Waals surface area contributed by atoms with Crippen molar-refractivity contribution < 1.29 is 0 Å². The van der Waals surface area contributed by atoms with Crippen LogP contribution < -0.4 is 5.32 Å². The van der Waals surface area contributed by atoms with Gasteiger partial charge in [0.15, 0.2) is 0 Å². The summed E-state index contributed by atoms with van der Waals surface area (Å²) >= 11 is 2.00. The minimum Gasteiger partial charge on any atom is -0.308 e. The van der Waals surface area contributed by atoms with Crippen molar-refractivity contribution in [3.05, 3.63) is 18.0 Å². The minimum atomic E-state index is 0.770. The van der Waals surface area contributed by atoms with E-state index in [1.54, 1.807) is 0 Å². The van der Waals surface area contributed by atoms with Crippen LogP contribution in [0.3, 0.4) is 0 Å². The molecule has 1 heterocycles. The molecule has 0 spiro atoms. The van der Waals surface area contributed by atoms with E-state index < -0.39 is 0 Å². The summed E-state index contributed by atoms with van der Waals surface area (Å²) in [5.41, 5.74) is 1.18. The first-order chi connectivity index (χ1) is 7.88. The summed E-state index contributed by atoms with van der Waals surface area (Å²) in [6, 6.07) is 2.90. The minimum absolute atomic E-state index is 0.770. The van der Waals surface area contributed by atoms with Gasteiger partial charge in [-0.1, -0.05) is 6.92 Å². The van der Waals surface area contributed by atoms with Gasteiger partial charge in [-0.2, -0.15) is 16.9 Å². The van der Waals surface area contributed by atoms with Gasteiger partial charge in [-0.25, -0.2) is 0 Å². The summed E-state index contributed by atoms with van der Waals surface area (Å²) in [6.07, 6.45) is 6.00. The number of thioether (sulfide) groups is 1. The third-order valence-electron chi connectivity index (χ3n) is 2.73. The third-order valence-corrected chi connectivity index (χ3v) is 3.71. The summed E-state index contributed by atoms with van der Waals surface area (Å²) < 4.78 is 2.07. The number of nitrogens with one attached hydrogen (secondary N) is 1. The van der Waals surface area contributed by atoms with E-state index in [-0.39, 0.29) is 0 Å². The molecule has 1 N–H and O–H groups in total. The number of hydrogen-bond acceptors (Lipinski definition) is 3. The Hall–Kier alpha value is -0.480. The van der Waals surface area contributed by atoms with E-state index in [9.17, 15) is 0 Å². The molecule has 16 heavy (non-hydrogen) atoms. The highest BCUT2D eigenvalue weighted by molar-refractivity contribution is 7.99. The Morgan fingerprint density at radius 2 is 2.44 bits per heavy atom. The molecule has 0 bridgehead atoms. The number of rotatable bonds is 8. The molecule has 0 saturated heterocycles. The maximum atomic E-state index is 4.55. The number of nitrogens with zero attached hydrogens (tertiary/aromatic N) is 2. The molecule has 1 aliphatic rings. The molecule has 2 rings (SSSR count). The predicted molar refractivity (Wildman–Crippen MR) is 69.7 cm³/mol. The lowest BCUT2D eigenvalue weighted by atomic mass is 10.4. The van der Waals surface area contributed by atoms with Crippen molar-refractivity contribution in [2.45, 2.75) is 45.3 Å². The average Bonchev–Trinajstić information content (AvgIpc) is 3.02. The van der Waals surface area contributed by atoms with Crippen LogP contribution >= 0.6 is 11.8 Å². The van der Waals surface area contributed by atoms with Gasteiger partial charge in [0, 0.05) is 25.3 Å². The average molecular weight is 239 g/mol. The first-order valence-electron chi connectivity index (χ1n) is 6.22. The van der Waals surface area contributed by atoms with E-state index in [0.29, 0.717) is 0 Å². The molecule has 3 nitrogen and oxygen atoms in total. The molecule has 90 valence electrons. The zero-order chi connectivity index (χ0) is 11.2. The van der Waals surface area contributed by atoms with Gasteiger partial charge in [0.2, 0.25) is 0 Å². The smallest absolute Gasteiger partial charge is 0.0762 e. The Morgan fingerprint density at radius 1 is 1.56 bits per heavy atom. The Kier molecular flexibility index (Phi) is 4.72. The molecule has 1 saturated carbocycles. The van der Waals surface area contributed by atoms with E-state index in [1.807, 2.05) is 11.8 Å². The first-order valence-corrected chi connectivity index (χ1v) is 7.37. The van der Waals surface area contributed by atoms with E-state index >= 15 is 0 Å². The topological polar surface area (TPSA) is 29.9 Å². The van der Waals surface area contributed by atoms with Crippen LogP contribution in [0, 0.1) is 0 Å². The maximum absolute atomic E-state index is 4.55. The largest absolute Gasteiger partial charge is 0.308 e. The first kappa shape index (κ1) is 12.0. The van der Waals surface area contributed by atoms with Crippen molar-refractivity contribution in [3.8, 4) is 0 Å². The number of aromatic nitrogens is 2. The lowest BCUT2D eigenvalue weighted by Crippen LogP contribution is -2.16. The fraction of sp³-hybridized carbons (Fsp3) is 0.750. The van der Waals surface area contributed by atoms with Crippen LogP contribution in [-0.2, 0) is 13.1 Å². The summed E-state index contributed by atoms with van der Waals surface area (Å²) in [7, 11) is 0. The van der Waals surface area contributed by atoms with Crippen molar-refractivity contribution in [2.24, 2.45) is 0 Å². The second-order valence-electron chi connectivity index (χ2n) is 4.28. The molecule has 0 amide bonds. The summed E-state index contributed by atoms with van der Waals surface area (Å²) in [5, 5.41) is 8.04. The highest BCUT2D eigenvalue weighted by Crippen LogP contribution is 2.18. The molecule has 0 unspecified atom stereocenters. The molecule has 1 aromatic heterocycles. The van der Waals surface area contributed by atoms with Crippen LogP contribution in [-0.4, -0.2) is 27.3 Å². The normalized spacial score (nSPS) is 15.6. The zero-order valence-corrected chi connectivity index (χ0v) is 10.8. The van der Waals surface area contributed by atoms with Gasteiger partial charge in [0.05, 0.1) is 5.69 Å². The van der Waals surface area contributed by atoms with Crippen molar-refractivity contribution in [3.63, 3.8) is 0 Å². The zero-order valence-electron chi connectivity index (χ0n) is 9.98. The van der Waals surface area contributed by atoms with Crippen LogP contribution in [0.5, 0.6) is 0 Å². The third kappa shape index (κ3) is 4.18. The van der Waals surface area contributed by atoms with Crippen molar-refractivity contribution >= 4 is 11.8 Å². The van der Waals surface area contributed by atoms with Crippen LogP contribution in [0.2, 0.25) is 0 Å². The maximum Gasteiger partial charge on any atom is 0.0762 e. The lowest BCUT2D eigenvalue weighted by Gasteiger charge is -2.01. The van der Waals surface area contributed by atoms with Crippen LogP contribution in [0.15, 0.2) is 12.3 Å². The Balaban J connectivity index is 1.64. The summed E-state index contributed by atoms with van der Waals surface area (Å²) in [6.45, 7) is 4.19. The molecule has 0 aromatic carbocycles. The Labute approximate surface area is 102 Å². The molecule has 0 radical (unpaired) electrons. The second kappa shape index (κ2) is 6.30. The molecule has 0 atom stereocenters. The lowest BCUT2D eigenvalue weighted by molar-refractivity contribution is 0.584. The van der Waals surface area contributed by atoms with Crippen molar-refractivity contribution in [1.82, 2.24) is 15.1 Å². The molecular weight excluding hydrogens is 218 g/mol. The number of aryl methyl sites for hydroxylation is 1. The van der Waals surface area contributed by atoms with E-state index in [0.717, 1.165) is 19.1 Å². The van der Waals surface area contributed by atoms with Gasteiger partial charge in [-0.05, 0) is 36.8 Å². The van der Waals surface area contributed by atoms with Gasteiger partial charge in [-0.15, -0.1) is 0 Å². The standard InChI is InChI=1S/C12H21N3S/c1-2-16-9-3-7-15-8-6-12(14-15)10-13-11-4-5-11/h6,8,11,13H,2-5,7,9-10H2,1H3. The Morgan fingerprint density at radius 3 is 3.19 bits per heavy atom. The molecule has 1 aromatic rings. The van der Waals surface area contributed by atoms with E-state index in [2.05, 4.69) is 34.3 Å². The molecular formula is C12H21N3S. The van der Waals surface area contributed by atoms with Crippen molar-refractivity contribution in [2.75, 3.05) is 11.5 Å². The van der Waals surface area contributed by atoms with Gasteiger partial charge in [0.25, 0.3) is 0 Å². The highest BCUT2D eigenvalue weighted by Gasteiger charge is 2.20. The molecule has 4 heteroatoms. The highest BCUT2D eigenvalue weighted by atomic mass is 32.2. The fourth-order valence-electron chi connectivity index (χ4n) is 1.63. The second-order valence-corrected chi connectivity index (χ2v) is 5.67. The van der Waals surface area contributed by atoms with Crippen LogP contribution in [0.1, 0.15) is 31.9 Å². The van der Waals surface area contributed by atoms with Gasteiger partial charge >= 0.3 is 0 Å². The summed E-state index contributed by atoms with van der Waals surface area (Å²) in [4.78, 5) is 0. The van der Waals surface area contributed by atoms with Gasteiger partial charge < -0.3 is 5.32 Å². The van der Waals surface area contributed by atoms with Crippen molar-refractivity contribution in [1.29, 1.82) is 0 Å². The molecule has 0 aliphatic heterocycles. The summed E-state index contributed by atoms with van der Waals surface area (Å²) in [5.74, 6) is 2.46. The predicted octanol–water partition coefficient (Wildman–Crippen LogP) is 2.28. The van der Waals surface area contributed by atoms with E-state index in [1.165, 1.54) is 36.5 Å².